The molecule has 2 heterocycles. The number of nitrogens with one attached hydrogen (secondary N) is 1. The smallest absolute Gasteiger partial charge is 0.0700 e. The van der Waals surface area contributed by atoms with Crippen LogP contribution in [0.25, 0.3) is 0 Å². The van der Waals surface area contributed by atoms with E-state index in [2.05, 4.69) is 5.32 Å². The van der Waals surface area contributed by atoms with Crippen LogP contribution in [-0.2, 0) is 9.47 Å². The molecule has 2 aliphatic heterocycles. The van der Waals surface area contributed by atoms with E-state index in [1.165, 1.54) is 19.3 Å². The van der Waals surface area contributed by atoms with Gasteiger partial charge in [0.2, 0.25) is 0 Å². The molecule has 3 heteroatoms. The van der Waals surface area contributed by atoms with Gasteiger partial charge < -0.3 is 14.8 Å². The highest BCUT2D eigenvalue weighted by Gasteiger charge is 2.19. The maximum Gasteiger partial charge on any atom is 0.0700 e. The predicted octanol–water partition coefficient (Wildman–Crippen LogP) is 0.791. The molecule has 0 saturated carbocycles. The topological polar surface area (TPSA) is 30.5 Å². The fourth-order valence-electron chi connectivity index (χ4n) is 1.95. The van der Waals surface area contributed by atoms with Crippen LogP contribution in [0.5, 0.6) is 0 Å². The van der Waals surface area contributed by atoms with Gasteiger partial charge in [0.25, 0.3) is 0 Å². The maximum atomic E-state index is 5.82. The normalized spacial score (nSPS) is 35.1. The van der Waals surface area contributed by atoms with Gasteiger partial charge in [-0.1, -0.05) is 0 Å². The lowest BCUT2D eigenvalue weighted by Crippen LogP contribution is -2.36. The van der Waals surface area contributed by atoms with Crippen LogP contribution in [0, 0.1) is 5.92 Å². The molecule has 2 rings (SSSR count). The van der Waals surface area contributed by atoms with Gasteiger partial charge in [-0.15, -0.1) is 0 Å². The molecule has 0 aromatic rings. The molecule has 2 fully saturated rings. The highest BCUT2D eigenvalue weighted by atomic mass is 16.5. The summed E-state index contributed by atoms with van der Waals surface area (Å²) < 4.78 is 11.1. The molecule has 13 heavy (non-hydrogen) atoms. The van der Waals surface area contributed by atoms with Gasteiger partial charge in [-0.25, -0.2) is 0 Å². The molecule has 0 bridgehead atoms. The van der Waals surface area contributed by atoms with Crippen molar-refractivity contribution in [2.24, 2.45) is 5.92 Å². The van der Waals surface area contributed by atoms with E-state index in [-0.39, 0.29) is 0 Å². The summed E-state index contributed by atoms with van der Waals surface area (Å²) in [5, 5.41) is 3.35. The van der Waals surface area contributed by atoms with Crippen LogP contribution in [0.15, 0.2) is 0 Å². The lowest BCUT2D eigenvalue weighted by atomic mass is 10.1. The first-order valence-corrected chi connectivity index (χ1v) is 5.35. The zero-order chi connectivity index (χ0) is 8.93. The molecule has 0 aromatic carbocycles. The predicted molar refractivity (Wildman–Crippen MR) is 50.8 cm³/mol. The third-order valence-corrected chi connectivity index (χ3v) is 2.84. The highest BCUT2D eigenvalue weighted by Crippen LogP contribution is 2.15. The van der Waals surface area contributed by atoms with Crippen molar-refractivity contribution in [3.63, 3.8) is 0 Å². The Balaban J connectivity index is 1.60. The number of ether oxygens (including phenoxy) is 2. The van der Waals surface area contributed by atoms with Crippen molar-refractivity contribution in [3.8, 4) is 0 Å². The van der Waals surface area contributed by atoms with E-state index >= 15 is 0 Å². The Hall–Kier alpha value is -0.120. The summed E-state index contributed by atoms with van der Waals surface area (Å²) in [5.41, 5.74) is 0. The van der Waals surface area contributed by atoms with Gasteiger partial charge in [0, 0.05) is 19.1 Å². The van der Waals surface area contributed by atoms with Crippen LogP contribution in [0.4, 0.5) is 0 Å². The largest absolute Gasteiger partial charge is 0.381 e. The minimum atomic E-state index is 0.453. The van der Waals surface area contributed by atoms with Crippen molar-refractivity contribution < 1.29 is 9.47 Å². The molecule has 2 unspecified atom stereocenters. The van der Waals surface area contributed by atoms with E-state index in [1.807, 2.05) is 0 Å². The number of hydrogen-bond donors (Lipinski definition) is 1. The molecule has 0 aliphatic carbocycles. The summed E-state index contributed by atoms with van der Waals surface area (Å²) in [6.07, 6.45) is 4.11. The minimum absolute atomic E-state index is 0.453. The summed E-state index contributed by atoms with van der Waals surface area (Å²) in [6.45, 7) is 4.92. The molecule has 1 N–H and O–H groups in total. The molecule has 2 atom stereocenters. The van der Waals surface area contributed by atoms with Gasteiger partial charge >= 0.3 is 0 Å². The first-order valence-electron chi connectivity index (χ1n) is 5.35. The molecule has 0 radical (unpaired) electrons. The standard InChI is InChI=1S/C10H19NO2/c1-2-10(6-11-4-1)13-8-9-3-5-12-7-9/h9-11H,1-8H2. The van der Waals surface area contributed by atoms with Gasteiger partial charge in [0.1, 0.15) is 0 Å². The summed E-state index contributed by atoms with van der Waals surface area (Å²) in [4.78, 5) is 0. The van der Waals surface area contributed by atoms with Crippen LogP contribution < -0.4 is 5.32 Å². The Morgan fingerprint density at radius 2 is 2.38 bits per heavy atom. The van der Waals surface area contributed by atoms with Gasteiger partial charge in [0.15, 0.2) is 0 Å². The third kappa shape index (κ3) is 2.93. The third-order valence-electron chi connectivity index (χ3n) is 2.84. The molecule has 2 saturated heterocycles. The second-order valence-electron chi connectivity index (χ2n) is 4.03. The number of hydrogen-bond acceptors (Lipinski definition) is 3. The molecule has 76 valence electrons. The second kappa shape index (κ2) is 4.94. The van der Waals surface area contributed by atoms with E-state index in [4.69, 9.17) is 9.47 Å². The second-order valence-corrected chi connectivity index (χ2v) is 4.03. The van der Waals surface area contributed by atoms with Crippen LogP contribution >= 0.6 is 0 Å². The fraction of sp³-hybridized carbons (Fsp3) is 1.00. The Morgan fingerprint density at radius 1 is 1.38 bits per heavy atom. The monoisotopic (exact) mass is 185 g/mol. The Labute approximate surface area is 79.8 Å². The average Bonchev–Trinajstić information content (AvgIpc) is 2.69. The summed E-state index contributed by atoms with van der Waals surface area (Å²) in [6, 6.07) is 0. The van der Waals surface area contributed by atoms with Crippen molar-refractivity contribution in [1.82, 2.24) is 5.32 Å². The maximum absolute atomic E-state index is 5.82. The summed E-state index contributed by atoms with van der Waals surface area (Å²) >= 11 is 0. The van der Waals surface area contributed by atoms with Gasteiger partial charge in [0.05, 0.1) is 19.3 Å². The van der Waals surface area contributed by atoms with Gasteiger partial charge in [-0.3, -0.25) is 0 Å². The van der Waals surface area contributed by atoms with Crippen LogP contribution in [0.1, 0.15) is 19.3 Å². The van der Waals surface area contributed by atoms with E-state index in [9.17, 15) is 0 Å². The number of piperidine rings is 1. The molecule has 0 aromatic heterocycles. The van der Waals surface area contributed by atoms with Crippen molar-refractivity contribution in [3.05, 3.63) is 0 Å². The van der Waals surface area contributed by atoms with Crippen LogP contribution in [0.3, 0.4) is 0 Å². The van der Waals surface area contributed by atoms with Crippen molar-refractivity contribution in [2.45, 2.75) is 25.4 Å². The summed E-state index contributed by atoms with van der Waals surface area (Å²) in [5.74, 6) is 0.655. The molecule has 3 nitrogen and oxygen atoms in total. The Bertz CT molecular complexity index is 140. The minimum Gasteiger partial charge on any atom is -0.381 e. The Morgan fingerprint density at radius 3 is 3.08 bits per heavy atom. The van der Waals surface area contributed by atoms with Crippen molar-refractivity contribution >= 4 is 0 Å². The van der Waals surface area contributed by atoms with Crippen molar-refractivity contribution in [2.75, 3.05) is 32.9 Å². The lowest BCUT2D eigenvalue weighted by Gasteiger charge is -2.24. The zero-order valence-corrected chi connectivity index (χ0v) is 8.13. The molecular weight excluding hydrogens is 166 g/mol. The molecule has 0 amide bonds. The Kier molecular flexibility index (Phi) is 3.58. The van der Waals surface area contributed by atoms with Crippen LogP contribution in [0.2, 0.25) is 0 Å². The molecule has 2 aliphatic rings. The SMILES string of the molecule is C1CNCC(OCC2CCOC2)C1. The molecule has 0 spiro atoms. The van der Waals surface area contributed by atoms with E-state index in [0.717, 1.165) is 32.9 Å². The first kappa shape index (κ1) is 9.44. The number of rotatable bonds is 3. The van der Waals surface area contributed by atoms with E-state index in [1.54, 1.807) is 0 Å². The van der Waals surface area contributed by atoms with E-state index < -0.39 is 0 Å². The quantitative estimate of drug-likeness (QED) is 0.705. The zero-order valence-electron chi connectivity index (χ0n) is 8.13. The summed E-state index contributed by atoms with van der Waals surface area (Å²) in [7, 11) is 0. The first-order chi connectivity index (χ1) is 6.45. The van der Waals surface area contributed by atoms with Gasteiger partial charge in [-0.2, -0.15) is 0 Å². The van der Waals surface area contributed by atoms with E-state index in [0.29, 0.717) is 12.0 Å². The average molecular weight is 185 g/mol. The van der Waals surface area contributed by atoms with Crippen LogP contribution in [-0.4, -0.2) is 39.0 Å². The lowest BCUT2D eigenvalue weighted by molar-refractivity contribution is 0.0134. The van der Waals surface area contributed by atoms with Gasteiger partial charge in [-0.05, 0) is 25.8 Å². The fourth-order valence-corrected chi connectivity index (χ4v) is 1.95. The molecular formula is C10H19NO2. The highest BCUT2D eigenvalue weighted by molar-refractivity contribution is 4.70. The van der Waals surface area contributed by atoms with Crippen molar-refractivity contribution in [1.29, 1.82) is 0 Å².